The summed E-state index contributed by atoms with van der Waals surface area (Å²) in [7, 11) is 0. The molecule has 2 heterocycles. The molecule has 0 atom stereocenters. The summed E-state index contributed by atoms with van der Waals surface area (Å²) in [6, 6.07) is 10.4. The van der Waals surface area contributed by atoms with E-state index in [1.807, 2.05) is 29.9 Å². The summed E-state index contributed by atoms with van der Waals surface area (Å²) in [6.07, 6.45) is 3.92. The summed E-state index contributed by atoms with van der Waals surface area (Å²) >= 11 is 0. The molecule has 3 aromatic rings. The lowest BCUT2D eigenvalue weighted by molar-refractivity contribution is 0.741. The number of hydrogen-bond donors (Lipinski definition) is 3. The van der Waals surface area contributed by atoms with Crippen LogP contribution in [-0.4, -0.2) is 39.0 Å². The number of hydrogen-bond acceptors (Lipinski definition) is 3. The first-order valence-electron chi connectivity index (χ1n) is 10.2. The molecule has 29 heavy (non-hydrogen) atoms. The van der Waals surface area contributed by atoms with Gasteiger partial charge in [0.2, 0.25) is 0 Å². The molecule has 0 unspecified atom stereocenters. The van der Waals surface area contributed by atoms with Gasteiger partial charge in [-0.2, -0.15) is 10.2 Å². The monoisotopic (exact) mass is 393 g/mol. The van der Waals surface area contributed by atoms with Crippen LogP contribution in [0.2, 0.25) is 0 Å². The van der Waals surface area contributed by atoms with Gasteiger partial charge in [0.1, 0.15) is 0 Å². The van der Waals surface area contributed by atoms with Crippen molar-refractivity contribution in [1.29, 1.82) is 0 Å². The van der Waals surface area contributed by atoms with Crippen molar-refractivity contribution >= 4 is 5.96 Å². The number of para-hydroxylation sites is 1. The van der Waals surface area contributed by atoms with Gasteiger partial charge in [0.15, 0.2) is 5.96 Å². The lowest BCUT2D eigenvalue weighted by Gasteiger charge is -2.13. The molecule has 0 saturated heterocycles. The van der Waals surface area contributed by atoms with Gasteiger partial charge in [-0.15, -0.1) is 0 Å². The van der Waals surface area contributed by atoms with E-state index in [-0.39, 0.29) is 0 Å². The maximum atomic E-state index is 4.79. The van der Waals surface area contributed by atoms with E-state index in [1.54, 1.807) is 0 Å². The first-order valence-corrected chi connectivity index (χ1v) is 10.2. The number of benzene rings is 1. The molecule has 154 valence electrons. The van der Waals surface area contributed by atoms with Crippen LogP contribution in [-0.2, 0) is 13.0 Å². The van der Waals surface area contributed by atoms with Crippen LogP contribution in [0.3, 0.4) is 0 Å². The van der Waals surface area contributed by atoms with Crippen LogP contribution in [0.1, 0.15) is 41.6 Å². The molecule has 0 aliphatic carbocycles. The molecule has 2 aromatic heterocycles. The van der Waals surface area contributed by atoms with Crippen LogP contribution in [0, 0.1) is 20.8 Å². The van der Waals surface area contributed by atoms with E-state index in [0.29, 0.717) is 6.54 Å². The number of aromatic nitrogens is 4. The van der Waals surface area contributed by atoms with Gasteiger partial charge < -0.3 is 10.6 Å². The Kier molecular flexibility index (Phi) is 7.05. The van der Waals surface area contributed by atoms with Crippen LogP contribution in [0.25, 0.3) is 5.69 Å². The van der Waals surface area contributed by atoms with Gasteiger partial charge in [-0.3, -0.25) is 5.10 Å². The lowest BCUT2D eigenvalue weighted by Crippen LogP contribution is -2.37. The molecule has 0 aliphatic rings. The SMILES string of the molecule is CCNC(=NCc1ccccc1-n1nc(C)cc1C)NCCCc1cn[nH]c1C. The minimum Gasteiger partial charge on any atom is -0.357 e. The Morgan fingerprint density at radius 2 is 1.97 bits per heavy atom. The number of aromatic amines is 1. The van der Waals surface area contributed by atoms with Gasteiger partial charge in [-0.05, 0) is 63.8 Å². The highest BCUT2D eigenvalue weighted by atomic mass is 15.3. The minimum atomic E-state index is 0.588. The Bertz CT molecular complexity index is 952. The Labute approximate surface area is 172 Å². The summed E-state index contributed by atoms with van der Waals surface area (Å²) in [5, 5.41) is 18.5. The molecule has 7 nitrogen and oxygen atoms in total. The molecule has 3 rings (SSSR count). The summed E-state index contributed by atoms with van der Waals surface area (Å²) in [5.74, 6) is 0.833. The highest BCUT2D eigenvalue weighted by Crippen LogP contribution is 2.17. The Balaban J connectivity index is 1.64. The van der Waals surface area contributed by atoms with Crippen molar-refractivity contribution in [2.24, 2.45) is 4.99 Å². The molecular weight excluding hydrogens is 362 g/mol. The van der Waals surface area contributed by atoms with E-state index in [2.05, 4.69) is 64.9 Å². The molecule has 0 radical (unpaired) electrons. The molecule has 0 spiro atoms. The molecule has 0 bridgehead atoms. The standard InChI is InChI=1S/C22H31N7/c1-5-23-22(24-12-8-10-19-15-26-27-18(19)4)25-14-20-9-6-7-11-21(20)29-17(3)13-16(2)28-29/h6-7,9,11,13,15H,5,8,10,12,14H2,1-4H3,(H,26,27)(H2,23,24,25). The average molecular weight is 394 g/mol. The van der Waals surface area contributed by atoms with Gasteiger partial charge in [0, 0.05) is 24.5 Å². The van der Waals surface area contributed by atoms with Crippen LogP contribution in [0.15, 0.2) is 41.5 Å². The summed E-state index contributed by atoms with van der Waals surface area (Å²) in [6.45, 7) is 10.5. The van der Waals surface area contributed by atoms with Gasteiger partial charge in [0.25, 0.3) is 0 Å². The van der Waals surface area contributed by atoms with Gasteiger partial charge >= 0.3 is 0 Å². The highest BCUT2D eigenvalue weighted by Gasteiger charge is 2.09. The summed E-state index contributed by atoms with van der Waals surface area (Å²) < 4.78 is 1.99. The first kappa shape index (κ1) is 20.6. The number of aliphatic imine (C=N–C) groups is 1. The smallest absolute Gasteiger partial charge is 0.191 e. The quantitative estimate of drug-likeness (QED) is 0.312. The number of H-pyrrole nitrogens is 1. The zero-order valence-electron chi connectivity index (χ0n) is 17.8. The van der Waals surface area contributed by atoms with E-state index >= 15 is 0 Å². The van der Waals surface area contributed by atoms with E-state index in [9.17, 15) is 0 Å². The van der Waals surface area contributed by atoms with Crippen molar-refractivity contribution in [2.75, 3.05) is 13.1 Å². The zero-order chi connectivity index (χ0) is 20.6. The largest absolute Gasteiger partial charge is 0.357 e. The maximum Gasteiger partial charge on any atom is 0.191 e. The predicted octanol–water partition coefficient (Wildman–Crippen LogP) is 3.21. The average Bonchev–Trinajstić information content (AvgIpc) is 3.27. The van der Waals surface area contributed by atoms with Gasteiger partial charge in [-0.1, -0.05) is 18.2 Å². The van der Waals surface area contributed by atoms with Crippen molar-refractivity contribution in [3.05, 3.63) is 64.7 Å². The normalized spacial score (nSPS) is 11.7. The number of nitrogens with zero attached hydrogens (tertiary/aromatic N) is 4. The lowest BCUT2D eigenvalue weighted by atomic mass is 10.1. The van der Waals surface area contributed by atoms with Gasteiger partial charge in [-0.25, -0.2) is 9.67 Å². The third kappa shape index (κ3) is 5.47. The molecule has 1 aromatic carbocycles. The fourth-order valence-electron chi connectivity index (χ4n) is 3.34. The minimum absolute atomic E-state index is 0.588. The molecule has 0 saturated carbocycles. The number of nitrogens with one attached hydrogen (secondary N) is 3. The van der Waals surface area contributed by atoms with Crippen LogP contribution in [0.4, 0.5) is 0 Å². The van der Waals surface area contributed by atoms with Gasteiger partial charge in [0.05, 0.1) is 24.1 Å². The van der Waals surface area contributed by atoms with Crippen LogP contribution >= 0.6 is 0 Å². The Hall–Kier alpha value is -3.09. The fourth-order valence-corrected chi connectivity index (χ4v) is 3.34. The van der Waals surface area contributed by atoms with Crippen molar-refractivity contribution in [3.8, 4) is 5.69 Å². The van der Waals surface area contributed by atoms with E-state index < -0.39 is 0 Å². The highest BCUT2D eigenvalue weighted by molar-refractivity contribution is 5.79. The van der Waals surface area contributed by atoms with Crippen LogP contribution < -0.4 is 10.6 Å². The fraction of sp³-hybridized carbons (Fsp3) is 0.409. The third-order valence-electron chi connectivity index (χ3n) is 4.83. The second kappa shape index (κ2) is 9.91. The summed E-state index contributed by atoms with van der Waals surface area (Å²) in [5.41, 5.74) is 6.78. The Morgan fingerprint density at radius 1 is 1.14 bits per heavy atom. The van der Waals surface area contributed by atoms with Crippen molar-refractivity contribution in [1.82, 2.24) is 30.6 Å². The summed E-state index contributed by atoms with van der Waals surface area (Å²) in [4.78, 5) is 4.79. The number of rotatable bonds is 8. The van der Waals surface area contributed by atoms with E-state index in [0.717, 1.165) is 60.2 Å². The van der Waals surface area contributed by atoms with Crippen LogP contribution in [0.5, 0.6) is 0 Å². The van der Waals surface area contributed by atoms with E-state index in [1.165, 1.54) is 5.56 Å². The molecule has 0 aliphatic heterocycles. The van der Waals surface area contributed by atoms with Crippen molar-refractivity contribution < 1.29 is 0 Å². The van der Waals surface area contributed by atoms with Crippen molar-refractivity contribution in [3.63, 3.8) is 0 Å². The zero-order valence-corrected chi connectivity index (χ0v) is 17.8. The number of guanidine groups is 1. The first-order chi connectivity index (χ1) is 14.1. The second-order valence-electron chi connectivity index (χ2n) is 7.21. The Morgan fingerprint density at radius 3 is 2.66 bits per heavy atom. The topological polar surface area (TPSA) is 82.9 Å². The third-order valence-corrected chi connectivity index (χ3v) is 4.83. The predicted molar refractivity (Wildman–Crippen MR) is 118 cm³/mol. The molecule has 0 amide bonds. The number of aryl methyl sites for hydroxylation is 4. The molecule has 3 N–H and O–H groups in total. The van der Waals surface area contributed by atoms with Crippen molar-refractivity contribution in [2.45, 2.75) is 47.1 Å². The second-order valence-corrected chi connectivity index (χ2v) is 7.21. The molecular formula is C22H31N7. The molecule has 7 heteroatoms. The maximum absolute atomic E-state index is 4.79. The molecule has 0 fully saturated rings. The van der Waals surface area contributed by atoms with E-state index in [4.69, 9.17) is 4.99 Å².